The van der Waals surface area contributed by atoms with Crippen LogP contribution in [0.5, 0.6) is 0 Å². The first kappa shape index (κ1) is 17.7. The Morgan fingerprint density at radius 1 is 1.40 bits per heavy atom. The molecular formula is C18H14ClN3OS2. The van der Waals surface area contributed by atoms with E-state index < -0.39 is 0 Å². The molecule has 0 aliphatic heterocycles. The van der Waals surface area contributed by atoms with E-state index >= 15 is 0 Å². The highest BCUT2D eigenvalue weighted by atomic mass is 35.5. The number of rotatable bonds is 5. The number of Topliss-reactive ketones (excluding diaryl/α,β-unsaturated/α-hetero) is 1. The Bertz CT molecular complexity index is 908. The summed E-state index contributed by atoms with van der Waals surface area (Å²) in [7, 11) is 0. The van der Waals surface area contributed by atoms with Gasteiger partial charge in [0.05, 0.1) is 14.8 Å². The quantitative estimate of drug-likeness (QED) is 0.329. The molecular weight excluding hydrogens is 374 g/mol. The molecule has 1 N–H and O–H groups in total. The molecule has 0 radical (unpaired) electrons. The van der Waals surface area contributed by atoms with Crippen molar-refractivity contribution >= 4 is 58.0 Å². The molecule has 1 aromatic heterocycles. The molecule has 1 aromatic carbocycles. The van der Waals surface area contributed by atoms with Crippen LogP contribution in [0.15, 0.2) is 39.7 Å². The first-order chi connectivity index (χ1) is 12.1. The molecule has 1 aliphatic carbocycles. The Hall–Kier alpha value is -2.07. The average Bonchev–Trinajstić information content (AvgIpc) is 3.02. The number of halogens is 1. The van der Waals surface area contributed by atoms with Gasteiger partial charge in [0.1, 0.15) is 6.07 Å². The molecule has 4 nitrogen and oxygen atoms in total. The third kappa shape index (κ3) is 3.79. The number of hydrogen-bond acceptors (Lipinski definition) is 6. The van der Waals surface area contributed by atoms with Crippen molar-refractivity contribution < 1.29 is 4.79 Å². The maximum atomic E-state index is 12.8. The number of carbonyl (C=O) groups is 1. The lowest BCUT2D eigenvalue weighted by Gasteiger charge is -2.07. The molecule has 0 unspecified atom stereocenters. The van der Waals surface area contributed by atoms with Crippen molar-refractivity contribution in [3.8, 4) is 6.07 Å². The van der Waals surface area contributed by atoms with E-state index in [9.17, 15) is 10.1 Å². The van der Waals surface area contributed by atoms with Gasteiger partial charge in [-0.15, -0.1) is 23.1 Å². The van der Waals surface area contributed by atoms with Crippen LogP contribution in [0.25, 0.3) is 6.08 Å². The number of carbonyl (C=O) groups excluding carboxylic acids is 1. The molecule has 2 aromatic rings. The summed E-state index contributed by atoms with van der Waals surface area (Å²) in [6.45, 7) is 0. The second-order valence-electron chi connectivity index (χ2n) is 5.28. The van der Waals surface area contributed by atoms with Crippen LogP contribution in [0.4, 0.5) is 5.69 Å². The minimum Gasteiger partial charge on any atom is -0.285 e. The summed E-state index contributed by atoms with van der Waals surface area (Å²) in [5.74, 6) is -0.333. The molecule has 0 atom stereocenters. The number of nitriles is 1. The molecule has 1 heterocycles. The molecule has 7 heteroatoms. The first-order valence-electron chi connectivity index (χ1n) is 7.54. The van der Waals surface area contributed by atoms with Crippen LogP contribution >= 0.6 is 34.7 Å². The number of nitrogens with one attached hydrogen (secondary N) is 1. The van der Waals surface area contributed by atoms with Gasteiger partial charge in [-0.1, -0.05) is 23.8 Å². The summed E-state index contributed by atoms with van der Waals surface area (Å²) in [5.41, 5.74) is 5.38. The van der Waals surface area contributed by atoms with Gasteiger partial charge in [-0.25, -0.2) is 0 Å². The number of anilines is 1. The van der Waals surface area contributed by atoms with E-state index in [0.29, 0.717) is 15.6 Å². The molecule has 0 saturated heterocycles. The minimum absolute atomic E-state index is 0.152. The van der Waals surface area contributed by atoms with Crippen molar-refractivity contribution in [3.05, 3.63) is 51.4 Å². The number of thiophene rings is 1. The number of hydrazone groups is 1. The maximum absolute atomic E-state index is 12.8. The summed E-state index contributed by atoms with van der Waals surface area (Å²) in [4.78, 5) is 13.4. The second kappa shape index (κ2) is 7.87. The molecule has 3 rings (SSSR count). The van der Waals surface area contributed by atoms with Crippen LogP contribution in [-0.4, -0.2) is 17.8 Å². The molecule has 0 amide bonds. The van der Waals surface area contributed by atoms with E-state index in [-0.39, 0.29) is 11.5 Å². The predicted octanol–water partition coefficient (Wildman–Crippen LogP) is 5.26. The first-order valence-corrected chi connectivity index (χ1v) is 9.96. The van der Waals surface area contributed by atoms with E-state index in [1.54, 1.807) is 36.0 Å². The zero-order valence-electron chi connectivity index (χ0n) is 13.4. The third-order valence-corrected chi connectivity index (χ3v) is 6.35. The lowest BCUT2D eigenvalue weighted by Crippen LogP contribution is -2.15. The number of ketones is 1. The number of benzene rings is 1. The van der Waals surface area contributed by atoms with Gasteiger partial charge in [-0.05, 0) is 48.9 Å². The summed E-state index contributed by atoms with van der Waals surface area (Å²) in [5, 5.41) is 14.0. The number of fused-ring (bicyclic) bond motifs is 1. The predicted molar refractivity (Wildman–Crippen MR) is 106 cm³/mol. The van der Waals surface area contributed by atoms with Crippen molar-refractivity contribution in [3.63, 3.8) is 0 Å². The monoisotopic (exact) mass is 387 g/mol. The second-order valence-corrected chi connectivity index (χ2v) is 7.81. The Morgan fingerprint density at radius 2 is 2.16 bits per heavy atom. The van der Waals surface area contributed by atoms with Crippen molar-refractivity contribution in [2.24, 2.45) is 5.10 Å². The van der Waals surface area contributed by atoms with Gasteiger partial charge in [-0.2, -0.15) is 10.4 Å². The zero-order chi connectivity index (χ0) is 17.8. The molecule has 0 fully saturated rings. The van der Waals surface area contributed by atoms with Gasteiger partial charge in [0, 0.05) is 10.6 Å². The van der Waals surface area contributed by atoms with Crippen LogP contribution in [0, 0.1) is 11.3 Å². The summed E-state index contributed by atoms with van der Waals surface area (Å²) >= 11 is 8.89. The Balaban J connectivity index is 1.89. The fraction of sp³-hybridized carbons (Fsp3) is 0.167. The molecule has 1 aliphatic rings. The van der Waals surface area contributed by atoms with Crippen LogP contribution in [-0.2, 0) is 6.42 Å². The molecule has 0 bridgehead atoms. The third-order valence-electron chi connectivity index (χ3n) is 3.71. The number of allylic oxidation sites excluding steroid dienone is 1. The van der Waals surface area contributed by atoms with Gasteiger partial charge in [0.2, 0.25) is 11.5 Å². The van der Waals surface area contributed by atoms with Crippen molar-refractivity contribution in [1.82, 2.24) is 0 Å². The highest BCUT2D eigenvalue weighted by Gasteiger charge is 2.25. The largest absolute Gasteiger partial charge is 0.285 e. The molecule has 25 heavy (non-hydrogen) atoms. The number of hydrogen-bond donors (Lipinski definition) is 1. The van der Waals surface area contributed by atoms with Crippen LogP contribution < -0.4 is 5.43 Å². The Kier molecular flexibility index (Phi) is 5.59. The normalized spacial score (nSPS) is 13.2. The van der Waals surface area contributed by atoms with Gasteiger partial charge >= 0.3 is 0 Å². The topological polar surface area (TPSA) is 65.2 Å². The summed E-state index contributed by atoms with van der Waals surface area (Å²) in [6.07, 6.45) is 7.88. The van der Waals surface area contributed by atoms with Gasteiger partial charge < -0.3 is 0 Å². The standard InChI is InChI=1S/C18H14ClN3OS2/c1-24-18-14-5-3-2-4-13(14)17(25-18)16(23)15(10-20)22-21-12-8-6-11(19)7-9-12/h3,5-9,21H,2,4H2,1H3/b22-15+. The number of thioether (sulfide) groups is 1. The Morgan fingerprint density at radius 3 is 2.84 bits per heavy atom. The summed E-state index contributed by atoms with van der Waals surface area (Å²) in [6, 6.07) is 8.79. The van der Waals surface area contributed by atoms with E-state index in [2.05, 4.69) is 22.7 Å². The molecule has 0 saturated carbocycles. The van der Waals surface area contributed by atoms with Gasteiger partial charge in [0.15, 0.2) is 0 Å². The fourth-order valence-corrected chi connectivity index (χ4v) is 4.65. The average molecular weight is 388 g/mol. The maximum Gasteiger partial charge on any atom is 0.234 e. The van der Waals surface area contributed by atoms with E-state index in [1.165, 1.54) is 11.3 Å². The fourth-order valence-electron chi connectivity index (χ4n) is 2.51. The smallest absolute Gasteiger partial charge is 0.234 e. The molecule has 0 spiro atoms. The lowest BCUT2D eigenvalue weighted by atomic mass is 9.98. The summed E-state index contributed by atoms with van der Waals surface area (Å²) < 4.78 is 1.09. The highest BCUT2D eigenvalue weighted by molar-refractivity contribution is 8.00. The van der Waals surface area contributed by atoms with Crippen LogP contribution in [0.1, 0.15) is 27.2 Å². The van der Waals surface area contributed by atoms with Gasteiger partial charge in [0.25, 0.3) is 0 Å². The van der Waals surface area contributed by atoms with Crippen molar-refractivity contribution in [2.45, 2.75) is 17.1 Å². The highest BCUT2D eigenvalue weighted by Crippen LogP contribution is 2.39. The van der Waals surface area contributed by atoms with E-state index in [4.69, 9.17) is 11.6 Å². The zero-order valence-corrected chi connectivity index (χ0v) is 15.8. The van der Waals surface area contributed by atoms with Crippen molar-refractivity contribution in [1.29, 1.82) is 5.26 Å². The van der Waals surface area contributed by atoms with Gasteiger partial charge in [-0.3, -0.25) is 10.2 Å². The van der Waals surface area contributed by atoms with E-state index in [1.807, 2.05) is 12.3 Å². The van der Waals surface area contributed by atoms with E-state index in [0.717, 1.165) is 28.2 Å². The minimum atomic E-state index is -0.333. The lowest BCUT2D eigenvalue weighted by molar-refractivity contribution is 0.107. The van der Waals surface area contributed by atoms with Crippen LogP contribution in [0.3, 0.4) is 0 Å². The number of nitrogens with zero attached hydrogens (tertiary/aromatic N) is 2. The molecule has 126 valence electrons. The van der Waals surface area contributed by atoms with Crippen LogP contribution in [0.2, 0.25) is 5.02 Å². The van der Waals surface area contributed by atoms with Crippen molar-refractivity contribution in [2.75, 3.05) is 11.7 Å². The Labute approximate surface area is 159 Å². The SMILES string of the molecule is CSc1sc(C(=O)/C(C#N)=N/Nc2ccc(Cl)cc2)c2c1C=CCC2.